The molecule has 0 fully saturated rings. The molecular formula is C40H45N. The summed E-state index contributed by atoms with van der Waals surface area (Å²) in [6.45, 7) is 14.4. The largest absolute Gasteiger partial charge is 0.338 e. The molecule has 3 atom stereocenters. The maximum Gasteiger partial charge on any atom is 0.0500 e. The van der Waals surface area contributed by atoms with Gasteiger partial charge in [-0.1, -0.05) is 109 Å². The Morgan fingerprint density at radius 3 is 1.44 bits per heavy atom. The highest BCUT2D eigenvalue weighted by Crippen LogP contribution is 2.56. The molecular weight excluding hydrogens is 494 g/mol. The van der Waals surface area contributed by atoms with Crippen molar-refractivity contribution in [2.75, 3.05) is 0 Å². The fourth-order valence-electron chi connectivity index (χ4n) is 8.44. The van der Waals surface area contributed by atoms with Gasteiger partial charge < -0.3 is 4.57 Å². The highest BCUT2D eigenvalue weighted by atomic mass is 15.0. The molecule has 0 amide bonds. The minimum atomic E-state index is 0.0591. The summed E-state index contributed by atoms with van der Waals surface area (Å²) in [7, 11) is 0. The Morgan fingerprint density at radius 2 is 1.02 bits per heavy atom. The van der Waals surface area contributed by atoms with Crippen molar-refractivity contribution >= 4 is 21.8 Å². The van der Waals surface area contributed by atoms with Crippen molar-refractivity contribution in [1.29, 1.82) is 0 Å². The van der Waals surface area contributed by atoms with E-state index < -0.39 is 0 Å². The Bertz CT molecular complexity index is 1670. The van der Waals surface area contributed by atoms with E-state index in [1.54, 1.807) is 0 Å². The third kappa shape index (κ3) is 3.60. The quantitative estimate of drug-likeness (QED) is 0.185. The third-order valence-corrected chi connectivity index (χ3v) is 11.0. The second-order valence-corrected chi connectivity index (χ2v) is 13.4. The van der Waals surface area contributed by atoms with Gasteiger partial charge in [0.2, 0.25) is 0 Å². The zero-order valence-corrected chi connectivity index (χ0v) is 25.9. The number of nitrogens with zero attached hydrogens (tertiary/aromatic N) is 1. The molecule has 1 heterocycles. The minimum Gasteiger partial charge on any atom is -0.338 e. The highest BCUT2D eigenvalue weighted by molar-refractivity contribution is 6.12. The van der Waals surface area contributed by atoms with E-state index in [0.717, 1.165) is 6.42 Å². The van der Waals surface area contributed by atoms with Crippen molar-refractivity contribution in [3.8, 4) is 22.3 Å². The van der Waals surface area contributed by atoms with Crippen molar-refractivity contribution in [3.63, 3.8) is 0 Å². The predicted octanol–water partition coefficient (Wildman–Crippen LogP) is 11.7. The molecule has 41 heavy (non-hydrogen) atoms. The van der Waals surface area contributed by atoms with Crippen LogP contribution in [-0.2, 0) is 10.8 Å². The lowest BCUT2D eigenvalue weighted by Gasteiger charge is -2.28. The SMILES string of the molecule is CCCCC1(C)c2ccccc2-c2cc3c(cc21)c1cc2c(cc1n3C(C)CC)-c1ccccc1C2(C)CCCC. The lowest BCUT2D eigenvalue weighted by atomic mass is 9.75. The van der Waals surface area contributed by atoms with Crippen LogP contribution in [-0.4, -0.2) is 4.57 Å². The molecule has 5 aromatic rings. The molecule has 1 heteroatoms. The molecule has 0 bridgehead atoms. The molecule has 4 aromatic carbocycles. The maximum atomic E-state index is 2.67. The van der Waals surface area contributed by atoms with Gasteiger partial charge in [0.25, 0.3) is 0 Å². The van der Waals surface area contributed by atoms with Crippen LogP contribution < -0.4 is 0 Å². The van der Waals surface area contributed by atoms with Gasteiger partial charge in [0.05, 0.1) is 0 Å². The molecule has 0 saturated heterocycles. The summed E-state index contributed by atoms with van der Waals surface area (Å²) in [4.78, 5) is 0. The van der Waals surface area contributed by atoms with Gasteiger partial charge in [-0.3, -0.25) is 0 Å². The monoisotopic (exact) mass is 539 g/mol. The topological polar surface area (TPSA) is 4.93 Å². The van der Waals surface area contributed by atoms with Crippen molar-refractivity contribution in [3.05, 3.63) is 95.1 Å². The normalized spacial score (nSPS) is 21.2. The van der Waals surface area contributed by atoms with Crippen molar-refractivity contribution in [2.24, 2.45) is 0 Å². The standard InChI is InChI=1S/C40H45N/c1-7-10-20-39(5)33-18-14-12-16-27(33)29-24-37-31(22-35(29)39)32-23-36-30(25-38(32)41(37)26(4)9-3)28-17-13-15-19-34(28)40(36,6)21-11-8-2/h12-19,22-26H,7-11,20-21H2,1-6H3. The Hall–Kier alpha value is -3.32. The second-order valence-electron chi connectivity index (χ2n) is 13.4. The van der Waals surface area contributed by atoms with Crippen molar-refractivity contribution in [2.45, 2.75) is 103 Å². The number of hydrogen-bond donors (Lipinski definition) is 0. The Balaban J connectivity index is 1.56. The predicted molar refractivity (Wildman–Crippen MR) is 177 cm³/mol. The molecule has 2 aliphatic carbocycles. The van der Waals surface area contributed by atoms with Gasteiger partial charge in [0.15, 0.2) is 0 Å². The van der Waals surface area contributed by atoms with E-state index >= 15 is 0 Å². The highest BCUT2D eigenvalue weighted by Gasteiger charge is 2.41. The average molecular weight is 540 g/mol. The van der Waals surface area contributed by atoms with Gasteiger partial charge in [-0.2, -0.15) is 0 Å². The summed E-state index contributed by atoms with van der Waals surface area (Å²) in [5.41, 5.74) is 14.8. The van der Waals surface area contributed by atoms with Gasteiger partial charge in [-0.25, -0.2) is 0 Å². The Kier molecular flexibility index (Phi) is 6.23. The average Bonchev–Trinajstić information content (AvgIpc) is 3.55. The van der Waals surface area contributed by atoms with Gasteiger partial charge in [-0.15, -0.1) is 0 Å². The molecule has 0 radical (unpaired) electrons. The molecule has 1 nitrogen and oxygen atoms in total. The van der Waals surface area contributed by atoms with Crippen LogP contribution in [0.4, 0.5) is 0 Å². The van der Waals surface area contributed by atoms with E-state index in [2.05, 4.69) is 119 Å². The molecule has 7 rings (SSSR count). The molecule has 0 N–H and O–H groups in total. The Morgan fingerprint density at radius 1 is 0.585 bits per heavy atom. The smallest absolute Gasteiger partial charge is 0.0500 e. The van der Waals surface area contributed by atoms with E-state index in [1.807, 2.05) is 0 Å². The number of aromatic nitrogens is 1. The molecule has 0 spiro atoms. The van der Waals surface area contributed by atoms with Crippen LogP contribution in [0.15, 0.2) is 72.8 Å². The van der Waals surface area contributed by atoms with Gasteiger partial charge in [-0.05, 0) is 95.0 Å². The number of rotatable bonds is 8. The summed E-state index contributed by atoms with van der Waals surface area (Å²) in [6.07, 6.45) is 8.46. The fourth-order valence-corrected chi connectivity index (χ4v) is 8.44. The van der Waals surface area contributed by atoms with Crippen LogP contribution >= 0.6 is 0 Å². The summed E-state index contributed by atoms with van der Waals surface area (Å²) in [6, 6.07) is 29.2. The summed E-state index contributed by atoms with van der Waals surface area (Å²) < 4.78 is 2.67. The van der Waals surface area contributed by atoms with Crippen LogP contribution in [0, 0.1) is 0 Å². The molecule has 2 aliphatic rings. The van der Waals surface area contributed by atoms with Crippen LogP contribution in [0.2, 0.25) is 0 Å². The zero-order chi connectivity index (χ0) is 28.5. The first-order valence-electron chi connectivity index (χ1n) is 16.2. The van der Waals surface area contributed by atoms with Crippen molar-refractivity contribution < 1.29 is 0 Å². The van der Waals surface area contributed by atoms with E-state index in [4.69, 9.17) is 0 Å². The molecule has 0 saturated carbocycles. The van der Waals surface area contributed by atoms with Crippen LogP contribution in [0.1, 0.15) is 115 Å². The third-order valence-electron chi connectivity index (χ3n) is 11.0. The van der Waals surface area contributed by atoms with Gasteiger partial charge in [0, 0.05) is 38.7 Å². The minimum absolute atomic E-state index is 0.0591. The lowest BCUT2D eigenvalue weighted by molar-refractivity contribution is 0.504. The number of hydrogen-bond acceptors (Lipinski definition) is 0. The maximum absolute atomic E-state index is 2.67. The number of benzene rings is 4. The van der Waals surface area contributed by atoms with Gasteiger partial charge >= 0.3 is 0 Å². The first-order valence-corrected chi connectivity index (χ1v) is 16.2. The molecule has 3 unspecified atom stereocenters. The second kappa shape index (κ2) is 9.62. The lowest BCUT2D eigenvalue weighted by Crippen LogP contribution is -2.20. The first-order chi connectivity index (χ1) is 19.9. The summed E-state index contributed by atoms with van der Waals surface area (Å²) in [5.74, 6) is 0. The number of fused-ring (bicyclic) bond motifs is 9. The Labute approximate surface area is 246 Å². The fraction of sp³-hybridized carbons (Fsp3) is 0.400. The van der Waals surface area contributed by atoms with Gasteiger partial charge in [0.1, 0.15) is 0 Å². The van der Waals surface area contributed by atoms with E-state index in [9.17, 15) is 0 Å². The first kappa shape index (κ1) is 26.6. The summed E-state index contributed by atoms with van der Waals surface area (Å²) in [5, 5.41) is 2.87. The van der Waals surface area contributed by atoms with E-state index in [1.165, 1.54) is 105 Å². The number of unbranched alkanes of at least 4 members (excludes halogenated alkanes) is 2. The zero-order valence-electron chi connectivity index (χ0n) is 25.9. The van der Waals surface area contributed by atoms with Crippen LogP contribution in [0.3, 0.4) is 0 Å². The van der Waals surface area contributed by atoms with Crippen LogP contribution in [0.5, 0.6) is 0 Å². The van der Waals surface area contributed by atoms with Crippen LogP contribution in [0.25, 0.3) is 44.1 Å². The van der Waals surface area contributed by atoms with E-state index in [-0.39, 0.29) is 10.8 Å². The van der Waals surface area contributed by atoms with Crippen molar-refractivity contribution in [1.82, 2.24) is 4.57 Å². The molecule has 210 valence electrons. The molecule has 1 aromatic heterocycles. The van der Waals surface area contributed by atoms with E-state index in [0.29, 0.717) is 6.04 Å². The molecule has 0 aliphatic heterocycles. The summed E-state index contributed by atoms with van der Waals surface area (Å²) >= 11 is 0.